The fraction of sp³-hybridized carbons (Fsp3) is 0.684. The first-order valence-electron chi connectivity index (χ1n) is 9.31. The monoisotopic (exact) mass is 335 g/mol. The number of aliphatic hydroxyl groups is 1. The maximum Gasteiger partial charge on any atom is 0.123 e. The second-order valence-corrected chi connectivity index (χ2v) is 7.18. The Morgan fingerprint density at radius 1 is 1.08 bits per heavy atom. The van der Waals surface area contributed by atoms with Crippen molar-refractivity contribution in [3.63, 3.8) is 0 Å². The number of piperidine rings is 2. The lowest BCUT2D eigenvalue weighted by molar-refractivity contribution is 0.120. The van der Waals surface area contributed by atoms with Gasteiger partial charge in [0.05, 0.1) is 0 Å². The van der Waals surface area contributed by atoms with Crippen LogP contribution in [0.4, 0.5) is 10.1 Å². The van der Waals surface area contributed by atoms with Crippen molar-refractivity contribution < 1.29 is 9.50 Å². The number of rotatable bonds is 6. The summed E-state index contributed by atoms with van der Waals surface area (Å²) in [5.74, 6) is 0.300. The maximum absolute atomic E-state index is 13.0. The van der Waals surface area contributed by atoms with E-state index in [2.05, 4.69) is 15.1 Å². The number of benzene rings is 1. The summed E-state index contributed by atoms with van der Waals surface area (Å²) in [6, 6.07) is 7.41. The minimum Gasteiger partial charge on any atom is -0.396 e. The third-order valence-corrected chi connectivity index (χ3v) is 5.41. The number of nitrogens with one attached hydrogen (secondary N) is 1. The van der Waals surface area contributed by atoms with Crippen LogP contribution >= 0.6 is 0 Å². The van der Waals surface area contributed by atoms with Gasteiger partial charge in [-0.3, -0.25) is 0 Å². The molecule has 24 heavy (non-hydrogen) atoms. The summed E-state index contributed by atoms with van der Waals surface area (Å²) in [6.45, 7) is 6.70. The Morgan fingerprint density at radius 2 is 1.83 bits per heavy atom. The Hall–Kier alpha value is -1.17. The highest BCUT2D eigenvalue weighted by Crippen LogP contribution is 2.20. The number of nitrogens with zero attached hydrogens (tertiary/aromatic N) is 2. The van der Waals surface area contributed by atoms with Gasteiger partial charge in [0.15, 0.2) is 0 Å². The largest absolute Gasteiger partial charge is 0.396 e. The first-order valence-corrected chi connectivity index (χ1v) is 9.31. The lowest BCUT2D eigenvalue weighted by atomic mass is 9.99. The topological polar surface area (TPSA) is 38.7 Å². The van der Waals surface area contributed by atoms with Gasteiger partial charge in [0.2, 0.25) is 0 Å². The zero-order valence-electron chi connectivity index (χ0n) is 14.5. The molecule has 2 N–H and O–H groups in total. The fourth-order valence-corrected chi connectivity index (χ4v) is 3.92. The van der Waals surface area contributed by atoms with E-state index < -0.39 is 0 Å². The summed E-state index contributed by atoms with van der Waals surface area (Å²) in [7, 11) is 0. The predicted octanol–water partition coefficient (Wildman–Crippen LogP) is 2.09. The molecule has 2 fully saturated rings. The Morgan fingerprint density at radius 3 is 2.54 bits per heavy atom. The molecular weight excluding hydrogens is 305 g/mol. The Bertz CT molecular complexity index is 488. The van der Waals surface area contributed by atoms with Crippen molar-refractivity contribution in [2.75, 3.05) is 50.8 Å². The molecule has 1 atom stereocenters. The van der Waals surface area contributed by atoms with E-state index in [1.807, 2.05) is 12.1 Å². The first-order chi connectivity index (χ1) is 11.7. The number of hydrogen-bond acceptors (Lipinski definition) is 4. The molecule has 134 valence electrons. The molecule has 0 amide bonds. The van der Waals surface area contributed by atoms with Crippen molar-refractivity contribution >= 4 is 5.69 Å². The van der Waals surface area contributed by atoms with Gasteiger partial charge in [-0.1, -0.05) is 0 Å². The highest BCUT2D eigenvalue weighted by Gasteiger charge is 2.21. The van der Waals surface area contributed by atoms with Crippen LogP contribution in [0.5, 0.6) is 0 Å². The molecule has 0 spiro atoms. The van der Waals surface area contributed by atoms with Gasteiger partial charge in [-0.25, -0.2) is 4.39 Å². The van der Waals surface area contributed by atoms with Gasteiger partial charge >= 0.3 is 0 Å². The van der Waals surface area contributed by atoms with Crippen LogP contribution in [0, 0.1) is 11.7 Å². The molecule has 2 aliphatic heterocycles. The lowest BCUT2D eigenvalue weighted by Gasteiger charge is -2.35. The van der Waals surface area contributed by atoms with Gasteiger partial charge < -0.3 is 20.2 Å². The normalized spacial score (nSPS) is 23.6. The van der Waals surface area contributed by atoms with Crippen LogP contribution in [0.2, 0.25) is 0 Å². The van der Waals surface area contributed by atoms with Crippen molar-refractivity contribution in [3.05, 3.63) is 30.1 Å². The van der Waals surface area contributed by atoms with Gasteiger partial charge in [0.25, 0.3) is 0 Å². The van der Waals surface area contributed by atoms with Gasteiger partial charge in [0, 0.05) is 51.1 Å². The standard InChI is InChI=1S/C19H30FN3O/c20-17-3-5-19(6-4-17)23-11-7-18(8-12-23)21-9-13-22-10-1-2-16(14-22)15-24/h3-6,16,18,21,24H,1-2,7-15H2. The van der Waals surface area contributed by atoms with E-state index in [1.54, 1.807) is 0 Å². The Kier molecular flexibility index (Phi) is 6.46. The average molecular weight is 335 g/mol. The molecule has 4 nitrogen and oxygen atoms in total. The molecular formula is C19H30FN3O. The molecule has 0 bridgehead atoms. The van der Waals surface area contributed by atoms with E-state index in [-0.39, 0.29) is 5.82 Å². The van der Waals surface area contributed by atoms with Crippen LogP contribution < -0.4 is 10.2 Å². The highest BCUT2D eigenvalue weighted by molar-refractivity contribution is 5.46. The third-order valence-electron chi connectivity index (χ3n) is 5.41. The summed E-state index contributed by atoms with van der Waals surface area (Å²) < 4.78 is 13.0. The molecule has 2 heterocycles. The van der Waals surface area contributed by atoms with E-state index in [4.69, 9.17) is 0 Å². The van der Waals surface area contributed by atoms with Gasteiger partial charge in [-0.2, -0.15) is 0 Å². The predicted molar refractivity (Wildman–Crippen MR) is 95.9 cm³/mol. The molecule has 0 radical (unpaired) electrons. The zero-order chi connectivity index (χ0) is 16.8. The zero-order valence-corrected chi connectivity index (χ0v) is 14.5. The molecule has 0 aromatic heterocycles. The number of aliphatic hydroxyl groups excluding tert-OH is 1. The molecule has 1 aromatic carbocycles. The highest BCUT2D eigenvalue weighted by atomic mass is 19.1. The quantitative estimate of drug-likeness (QED) is 0.835. The van der Waals surface area contributed by atoms with Crippen molar-refractivity contribution in [1.29, 1.82) is 0 Å². The lowest BCUT2D eigenvalue weighted by Crippen LogP contribution is -2.46. The molecule has 1 unspecified atom stereocenters. The van der Waals surface area contributed by atoms with Crippen molar-refractivity contribution in [1.82, 2.24) is 10.2 Å². The molecule has 0 saturated carbocycles. The van der Waals surface area contributed by atoms with Crippen LogP contribution in [0.25, 0.3) is 0 Å². The second-order valence-electron chi connectivity index (χ2n) is 7.18. The van der Waals surface area contributed by atoms with Crippen LogP contribution in [-0.4, -0.2) is 61.9 Å². The summed E-state index contributed by atoms with van der Waals surface area (Å²) in [4.78, 5) is 4.82. The third kappa shape index (κ3) is 4.91. The Balaban J connectivity index is 1.34. The SMILES string of the molecule is OCC1CCCN(CCNC2CCN(c3ccc(F)cc3)CC2)C1. The average Bonchev–Trinajstić information content (AvgIpc) is 2.63. The van der Waals surface area contributed by atoms with E-state index in [0.29, 0.717) is 18.6 Å². The van der Waals surface area contributed by atoms with Gasteiger partial charge in [0.1, 0.15) is 5.82 Å². The van der Waals surface area contributed by atoms with Crippen LogP contribution in [-0.2, 0) is 0 Å². The van der Waals surface area contributed by atoms with E-state index in [9.17, 15) is 9.50 Å². The molecule has 0 aliphatic carbocycles. The smallest absolute Gasteiger partial charge is 0.123 e. The van der Waals surface area contributed by atoms with Gasteiger partial charge in [-0.05, 0) is 62.4 Å². The van der Waals surface area contributed by atoms with Crippen molar-refractivity contribution in [3.8, 4) is 0 Å². The Labute approximate surface area is 144 Å². The van der Waals surface area contributed by atoms with E-state index >= 15 is 0 Å². The second kappa shape index (κ2) is 8.79. The van der Waals surface area contributed by atoms with Gasteiger partial charge in [-0.15, -0.1) is 0 Å². The summed E-state index contributed by atoms with van der Waals surface area (Å²) in [6.07, 6.45) is 4.65. The van der Waals surface area contributed by atoms with Crippen LogP contribution in [0.3, 0.4) is 0 Å². The molecule has 2 saturated heterocycles. The molecule has 2 aliphatic rings. The minimum atomic E-state index is -0.170. The van der Waals surface area contributed by atoms with Crippen LogP contribution in [0.1, 0.15) is 25.7 Å². The molecule has 1 aromatic rings. The number of anilines is 1. The van der Waals surface area contributed by atoms with Crippen molar-refractivity contribution in [2.45, 2.75) is 31.7 Å². The number of halogens is 1. The summed E-state index contributed by atoms with van der Waals surface area (Å²) in [5, 5.41) is 13.0. The maximum atomic E-state index is 13.0. The molecule has 5 heteroatoms. The van der Waals surface area contributed by atoms with Crippen molar-refractivity contribution in [2.24, 2.45) is 5.92 Å². The fourth-order valence-electron chi connectivity index (χ4n) is 3.92. The molecule has 3 rings (SSSR count). The number of hydrogen-bond donors (Lipinski definition) is 2. The summed E-state index contributed by atoms with van der Waals surface area (Å²) >= 11 is 0. The summed E-state index contributed by atoms with van der Waals surface area (Å²) in [5.41, 5.74) is 1.12. The van der Waals surface area contributed by atoms with Crippen LogP contribution in [0.15, 0.2) is 24.3 Å². The van der Waals surface area contributed by atoms with E-state index in [1.165, 1.54) is 31.5 Å². The van der Waals surface area contributed by atoms with E-state index in [0.717, 1.165) is 51.3 Å². The number of likely N-dealkylation sites (tertiary alicyclic amines) is 1. The first kappa shape index (κ1) is 17.6. The minimum absolute atomic E-state index is 0.170.